The van der Waals surface area contributed by atoms with Crippen LogP contribution in [-0.2, 0) is 39.1 Å². The Morgan fingerprint density at radius 1 is 1.56 bits per heavy atom. The summed E-state index contributed by atoms with van der Waals surface area (Å²) < 4.78 is 0. The van der Waals surface area contributed by atoms with Crippen molar-refractivity contribution in [3.8, 4) is 0 Å². The van der Waals surface area contributed by atoms with Crippen molar-refractivity contribution in [1.82, 2.24) is 0 Å². The van der Waals surface area contributed by atoms with Crippen LogP contribution in [0.2, 0.25) is 0 Å². The molecule has 1 aromatic heterocycles. The third kappa shape index (κ3) is 1.31. The van der Waals surface area contributed by atoms with Crippen LogP contribution in [0.1, 0.15) is 5.56 Å². The SMILES string of the molecule is [C-]1=Nc2cscc2C1.[Y]. The van der Waals surface area contributed by atoms with Crippen LogP contribution in [0.3, 0.4) is 0 Å². The topological polar surface area (TPSA) is 12.4 Å². The molecule has 3 heteroatoms. The molecule has 43 valence electrons. The van der Waals surface area contributed by atoms with E-state index < -0.39 is 0 Å². The van der Waals surface area contributed by atoms with Crippen LogP contribution >= 0.6 is 11.3 Å². The Hall–Kier alpha value is 0.474. The molecule has 0 saturated carbocycles. The fourth-order valence-electron chi connectivity index (χ4n) is 0.757. The number of hydrogen-bond acceptors (Lipinski definition) is 2. The summed E-state index contributed by atoms with van der Waals surface area (Å²) in [5, 5.41) is 4.17. The Balaban J connectivity index is 0.000000405. The molecule has 2 heterocycles. The van der Waals surface area contributed by atoms with Gasteiger partial charge < -0.3 is 4.99 Å². The maximum atomic E-state index is 4.02. The van der Waals surface area contributed by atoms with Crippen LogP contribution in [0.4, 0.5) is 5.69 Å². The molecule has 1 aliphatic heterocycles. The molecule has 0 aliphatic carbocycles. The predicted molar refractivity (Wildman–Crippen MR) is 35.1 cm³/mol. The third-order valence-corrected chi connectivity index (χ3v) is 1.97. The molecule has 9 heavy (non-hydrogen) atoms. The minimum Gasteiger partial charge on any atom is -0.455 e. The first-order valence-electron chi connectivity index (χ1n) is 2.45. The number of rotatable bonds is 0. The van der Waals surface area contributed by atoms with Gasteiger partial charge in [-0.1, -0.05) is 17.5 Å². The molecule has 1 aromatic rings. The third-order valence-electron chi connectivity index (χ3n) is 1.19. The van der Waals surface area contributed by atoms with Gasteiger partial charge in [0.05, 0.1) is 0 Å². The molecule has 0 atom stereocenters. The molecule has 0 saturated heterocycles. The van der Waals surface area contributed by atoms with Crippen LogP contribution in [-0.4, -0.2) is 6.21 Å². The summed E-state index contributed by atoms with van der Waals surface area (Å²) in [6, 6.07) is 0. The second kappa shape index (κ2) is 3.04. The van der Waals surface area contributed by atoms with Crippen LogP contribution in [0.15, 0.2) is 15.8 Å². The van der Waals surface area contributed by atoms with Crippen LogP contribution in [0, 0.1) is 0 Å². The van der Waals surface area contributed by atoms with Gasteiger partial charge in [-0.3, -0.25) is 0 Å². The first kappa shape index (κ1) is 7.58. The van der Waals surface area contributed by atoms with E-state index in [-0.39, 0.29) is 32.7 Å². The number of hydrogen-bond donors (Lipinski definition) is 0. The summed E-state index contributed by atoms with van der Waals surface area (Å²) in [7, 11) is 0. The fraction of sp³-hybridized carbons (Fsp3) is 0.167. The summed E-state index contributed by atoms with van der Waals surface area (Å²) in [4.78, 5) is 4.02. The monoisotopic (exact) mass is 211 g/mol. The van der Waals surface area contributed by atoms with Gasteiger partial charge in [0.1, 0.15) is 0 Å². The average molecular weight is 211 g/mol. The molecule has 0 fully saturated rings. The Morgan fingerprint density at radius 2 is 2.44 bits per heavy atom. The summed E-state index contributed by atoms with van der Waals surface area (Å²) in [6.45, 7) is 0. The van der Waals surface area contributed by atoms with E-state index in [0.29, 0.717) is 0 Å². The van der Waals surface area contributed by atoms with Gasteiger partial charge in [0.15, 0.2) is 0 Å². The van der Waals surface area contributed by atoms with Gasteiger partial charge in [-0.15, -0.1) is 5.56 Å². The molecule has 0 unspecified atom stereocenters. The normalized spacial score (nSPS) is 12.9. The second-order valence-electron chi connectivity index (χ2n) is 1.73. The van der Waals surface area contributed by atoms with Crippen molar-refractivity contribution in [2.24, 2.45) is 4.99 Å². The van der Waals surface area contributed by atoms with E-state index in [1.165, 1.54) is 5.56 Å². The van der Waals surface area contributed by atoms with Gasteiger partial charge in [-0.25, -0.2) is 0 Å². The standard InChI is InChI=1S/C6H4NS.Y/c1-2-7-6-4-8-3-5(1)6;/h3-4H,1H2;/q-1;. The number of aliphatic imine (C=N–C) groups is 1. The van der Waals surface area contributed by atoms with E-state index in [1.54, 1.807) is 11.3 Å². The van der Waals surface area contributed by atoms with Crippen molar-refractivity contribution in [2.45, 2.75) is 6.42 Å². The van der Waals surface area contributed by atoms with E-state index in [2.05, 4.69) is 22.0 Å². The first-order valence-corrected chi connectivity index (χ1v) is 3.40. The van der Waals surface area contributed by atoms with E-state index in [1.807, 2.05) is 0 Å². The van der Waals surface area contributed by atoms with Crippen molar-refractivity contribution in [1.29, 1.82) is 0 Å². The van der Waals surface area contributed by atoms with Crippen LogP contribution in [0.25, 0.3) is 0 Å². The molecular formula is C6H4NSY-. The van der Waals surface area contributed by atoms with E-state index in [4.69, 9.17) is 0 Å². The van der Waals surface area contributed by atoms with Crippen molar-refractivity contribution in [3.05, 3.63) is 16.3 Å². The minimum atomic E-state index is 0. The van der Waals surface area contributed by atoms with Gasteiger partial charge in [-0.05, 0) is 5.38 Å². The maximum Gasteiger partial charge on any atom is 0 e. The van der Waals surface area contributed by atoms with Gasteiger partial charge in [-0.2, -0.15) is 17.6 Å². The molecule has 1 aliphatic rings. The predicted octanol–water partition coefficient (Wildman–Crippen LogP) is 1.88. The quantitative estimate of drug-likeness (QED) is 0.581. The summed E-state index contributed by atoms with van der Waals surface area (Å²) in [5.41, 5.74) is 2.45. The Morgan fingerprint density at radius 3 is 3.22 bits per heavy atom. The molecule has 0 amide bonds. The fourth-order valence-corrected chi connectivity index (χ4v) is 1.53. The molecule has 0 bridgehead atoms. The van der Waals surface area contributed by atoms with Gasteiger partial charge in [0, 0.05) is 32.7 Å². The van der Waals surface area contributed by atoms with Crippen molar-refractivity contribution >= 4 is 23.2 Å². The van der Waals surface area contributed by atoms with Crippen molar-refractivity contribution < 1.29 is 32.7 Å². The van der Waals surface area contributed by atoms with Gasteiger partial charge in [0.2, 0.25) is 0 Å². The van der Waals surface area contributed by atoms with Gasteiger partial charge >= 0.3 is 0 Å². The average Bonchev–Trinajstić information content (AvgIpc) is 2.15. The summed E-state index contributed by atoms with van der Waals surface area (Å²) in [6.07, 6.45) is 3.81. The minimum absolute atomic E-state index is 0. The van der Waals surface area contributed by atoms with E-state index >= 15 is 0 Å². The summed E-state index contributed by atoms with van der Waals surface area (Å²) in [5.74, 6) is 0. The van der Waals surface area contributed by atoms with Crippen molar-refractivity contribution in [2.75, 3.05) is 0 Å². The molecule has 1 radical (unpaired) electrons. The first-order chi connectivity index (χ1) is 3.97. The Labute approximate surface area is 83.1 Å². The molecule has 0 spiro atoms. The van der Waals surface area contributed by atoms with E-state index in [0.717, 1.165) is 12.1 Å². The molecular weight excluding hydrogens is 207 g/mol. The smallest absolute Gasteiger partial charge is 0 e. The van der Waals surface area contributed by atoms with Crippen LogP contribution in [0.5, 0.6) is 0 Å². The number of nitrogens with zero attached hydrogens (tertiary/aromatic N) is 1. The van der Waals surface area contributed by atoms with E-state index in [9.17, 15) is 0 Å². The van der Waals surface area contributed by atoms with Crippen molar-refractivity contribution in [3.63, 3.8) is 0 Å². The molecule has 0 N–H and O–H groups in total. The van der Waals surface area contributed by atoms with Crippen LogP contribution < -0.4 is 0 Å². The second-order valence-corrected chi connectivity index (χ2v) is 2.47. The number of fused-ring (bicyclic) bond motifs is 1. The molecule has 0 aromatic carbocycles. The van der Waals surface area contributed by atoms with Gasteiger partial charge in [0.25, 0.3) is 0 Å². The zero-order valence-electron chi connectivity index (χ0n) is 4.79. The summed E-state index contributed by atoms with van der Waals surface area (Å²) >= 11 is 1.71. The zero-order valence-corrected chi connectivity index (χ0v) is 8.45. The Bertz CT molecular complexity index is 229. The largest absolute Gasteiger partial charge is 0.455 e. The zero-order chi connectivity index (χ0) is 5.40. The Kier molecular flexibility index (Phi) is 2.56. The molecule has 1 nitrogen and oxygen atoms in total. The number of thiophene rings is 1. The maximum absolute atomic E-state index is 4.02. The molecule has 2 rings (SSSR count).